The lowest BCUT2D eigenvalue weighted by molar-refractivity contribution is 0.363. The van der Waals surface area contributed by atoms with Crippen LogP contribution in [-0.2, 0) is 18.3 Å². The fraction of sp³-hybridized carbons (Fsp3) is 0.524. The minimum Gasteiger partial charge on any atom is -0.321 e. The predicted molar refractivity (Wildman–Crippen MR) is 234 cm³/mol. The highest BCUT2D eigenvalue weighted by molar-refractivity contribution is 7.77. The van der Waals surface area contributed by atoms with Crippen LogP contribution in [0.25, 0.3) is 12.2 Å². The Bertz CT molecular complexity index is 1710. The van der Waals surface area contributed by atoms with E-state index >= 15 is 0 Å². The lowest BCUT2D eigenvalue weighted by Crippen LogP contribution is -1.90. The summed E-state index contributed by atoms with van der Waals surface area (Å²) in [5.74, 6) is 12.0. The quantitative estimate of drug-likeness (QED) is 0.0280. The van der Waals surface area contributed by atoms with Gasteiger partial charge in [0.1, 0.15) is 0 Å². The summed E-state index contributed by atoms with van der Waals surface area (Å²) in [5, 5.41) is -2.39. The molecule has 0 aliphatic carbocycles. The smallest absolute Gasteiger partial charge is 0.321 e. The Morgan fingerprint density at radius 1 is 0.431 bits per heavy atom. The van der Waals surface area contributed by atoms with Crippen LogP contribution in [-0.4, -0.2) is 39.1 Å². The molecule has 12 nitrogen and oxygen atoms in total. The van der Waals surface area contributed by atoms with Crippen molar-refractivity contribution < 1.29 is 57.4 Å². The second kappa shape index (κ2) is 29.0. The molecule has 0 spiro atoms. The average Bonchev–Trinajstić information content (AvgIpc) is 3.13. The number of unbranched alkanes of at least 4 members (excludes halogenated alkanes) is 18. The van der Waals surface area contributed by atoms with Crippen LogP contribution in [0.5, 0.6) is 0 Å². The van der Waals surface area contributed by atoms with Gasteiger partial charge in [0.15, 0.2) is 10.1 Å². The molecule has 0 bridgehead atoms. The van der Waals surface area contributed by atoms with E-state index in [1.165, 1.54) is 102 Å². The number of rotatable bonds is 24. The van der Waals surface area contributed by atoms with Crippen LogP contribution >= 0.6 is 30.4 Å². The van der Waals surface area contributed by atoms with Crippen molar-refractivity contribution in [1.29, 1.82) is 0 Å². The highest BCUT2D eigenvalue weighted by Gasteiger charge is 2.37. The van der Waals surface area contributed by atoms with Crippen molar-refractivity contribution in [3.8, 4) is 23.7 Å². The summed E-state index contributed by atoms with van der Waals surface area (Å²) in [5.41, 5.74) is 1.49. The minimum atomic E-state index is -5.09. The maximum Gasteiger partial charge on any atom is 0.364 e. The first-order valence-electron chi connectivity index (χ1n) is 20.2. The van der Waals surface area contributed by atoms with E-state index in [-0.39, 0.29) is 11.1 Å². The molecule has 0 radical (unpaired) electrons. The predicted octanol–water partition coefficient (Wildman–Crippen LogP) is 11.2. The summed E-state index contributed by atoms with van der Waals surface area (Å²) in [6.45, 7) is 4.42. The van der Waals surface area contributed by atoms with Crippen molar-refractivity contribution in [2.24, 2.45) is 0 Å². The van der Waals surface area contributed by atoms with E-state index in [9.17, 15) is 57.4 Å². The summed E-state index contributed by atoms with van der Waals surface area (Å²) in [6, 6.07) is 13.0. The van der Waals surface area contributed by atoms with Gasteiger partial charge in [0.25, 0.3) is 0 Å². The van der Waals surface area contributed by atoms with Crippen molar-refractivity contribution in [2.45, 2.75) is 142 Å². The minimum absolute atomic E-state index is 0.272. The summed E-state index contributed by atoms with van der Waals surface area (Å²) in [4.78, 5) is 74.1. The van der Waals surface area contributed by atoms with Gasteiger partial charge in [0, 0.05) is 24.0 Å². The van der Waals surface area contributed by atoms with Gasteiger partial charge in [-0.25, -0.2) is 0 Å². The van der Waals surface area contributed by atoms with Crippen LogP contribution < -0.4 is 0 Å². The Hall–Kier alpha value is -2.36. The number of hydrogen-bond donors (Lipinski definition) is 8. The molecule has 0 atom stereocenters. The number of hydrogen-bond acceptors (Lipinski definition) is 4. The molecular weight excluding hydrogens is 820 g/mol. The molecule has 8 N–H and O–H groups in total. The van der Waals surface area contributed by atoms with E-state index < -0.39 is 40.5 Å². The van der Waals surface area contributed by atoms with Crippen molar-refractivity contribution in [3.05, 3.63) is 80.9 Å². The maximum absolute atomic E-state index is 11.5. The molecule has 0 amide bonds. The first-order chi connectivity index (χ1) is 27.3. The van der Waals surface area contributed by atoms with Gasteiger partial charge in [-0.3, -0.25) is 18.3 Å². The van der Waals surface area contributed by atoms with Crippen LogP contribution in [0, 0.1) is 23.7 Å². The zero-order valence-electron chi connectivity index (χ0n) is 33.9. The third-order valence-electron chi connectivity index (χ3n) is 8.94. The first kappa shape index (κ1) is 53.7. The Balaban J connectivity index is 0.000000580. The molecule has 0 heterocycles. The summed E-state index contributed by atoms with van der Waals surface area (Å²) in [6.07, 6.45) is 25.2. The highest BCUT2D eigenvalue weighted by atomic mass is 31.2. The summed E-state index contributed by atoms with van der Waals surface area (Å²) >= 11 is 0. The van der Waals surface area contributed by atoms with E-state index in [0.29, 0.717) is 24.0 Å². The zero-order chi connectivity index (χ0) is 43.5. The first-order valence-corrected chi connectivity index (χ1v) is 26.6. The standard InChI is InChI=1S/2C21H32O6P2/c2*1-2-3-4-5-6-7-8-9-10-11-12-15-19-16-13-14-17-20(19)18-21(28(22,23)24)29(25,26)27/h2*13-14,16-18H,2-11H2,1H3,(H2,22,23,24)(H2,25,26,27). The molecule has 0 aliphatic rings. The summed E-state index contributed by atoms with van der Waals surface area (Å²) < 4.78 is 45.8. The SMILES string of the molecule is CCCCCCCCCCCC#Cc1ccccc1C=C(P(=O)(O)O)P(=O)(O)O.CCCCCCCCCCCC#Cc1ccccc1C=C(P(=O)(O)O)P(=O)(O)O. The highest BCUT2D eigenvalue weighted by Crippen LogP contribution is 2.65. The zero-order valence-corrected chi connectivity index (χ0v) is 37.5. The molecule has 0 fully saturated rings. The van der Waals surface area contributed by atoms with Gasteiger partial charge in [-0.05, 0) is 48.3 Å². The molecule has 0 aliphatic heterocycles. The fourth-order valence-electron chi connectivity index (χ4n) is 5.79. The molecule has 58 heavy (non-hydrogen) atoms. The Kier molecular flexibility index (Phi) is 26.8. The van der Waals surface area contributed by atoms with Gasteiger partial charge in [-0.1, -0.05) is 177 Å². The lowest BCUT2D eigenvalue weighted by atomic mass is 10.1. The topological polar surface area (TPSA) is 230 Å². The second-order valence-electron chi connectivity index (χ2n) is 14.1. The van der Waals surface area contributed by atoms with Gasteiger partial charge in [0.05, 0.1) is 0 Å². The normalized spacial score (nSPS) is 11.6. The van der Waals surface area contributed by atoms with E-state index in [4.69, 9.17) is 0 Å². The van der Waals surface area contributed by atoms with E-state index in [0.717, 1.165) is 37.8 Å². The molecule has 324 valence electrons. The van der Waals surface area contributed by atoms with Crippen molar-refractivity contribution >= 4 is 42.5 Å². The van der Waals surface area contributed by atoms with Crippen LogP contribution in [0.2, 0.25) is 0 Å². The third-order valence-corrected chi connectivity index (χ3v) is 15.0. The molecule has 0 unspecified atom stereocenters. The monoisotopic (exact) mass is 884 g/mol. The Morgan fingerprint density at radius 2 is 0.690 bits per heavy atom. The van der Waals surface area contributed by atoms with Crippen molar-refractivity contribution in [3.63, 3.8) is 0 Å². The van der Waals surface area contributed by atoms with Crippen LogP contribution in [0.4, 0.5) is 0 Å². The molecular formula is C42H64O12P4. The van der Waals surface area contributed by atoms with Gasteiger partial charge in [-0.15, -0.1) is 0 Å². The molecule has 2 aromatic rings. The van der Waals surface area contributed by atoms with Gasteiger partial charge < -0.3 is 39.1 Å². The van der Waals surface area contributed by atoms with Gasteiger partial charge in [-0.2, -0.15) is 0 Å². The van der Waals surface area contributed by atoms with Crippen molar-refractivity contribution in [1.82, 2.24) is 0 Å². The fourth-order valence-corrected chi connectivity index (χ4v) is 9.74. The molecule has 16 heteroatoms. The van der Waals surface area contributed by atoms with Crippen LogP contribution in [0.1, 0.15) is 165 Å². The molecule has 2 aromatic carbocycles. The Labute approximate surface area is 345 Å². The maximum atomic E-state index is 11.5. The third kappa shape index (κ3) is 24.7. The van der Waals surface area contributed by atoms with E-state index in [2.05, 4.69) is 37.5 Å². The van der Waals surface area contributed by atoms with Crippen LogP contribution in [0.15, 0.2) is 58.6 Å². The Morgan fingerprint density at radius 3 is 0.966 bits per heavy atom. The molecule has 0 saturated heterocycles. The van der Waals surface area contributed by atoms with Crippen molar-refractivity contribution in [2.75, 3.05) is 0 Å². The molecule has 2 rings (SSSR count). The molecule has 0 saturated carbocycles. The van der Waals surface area contributed by atoms with E-state index in [1.807, 2.05) is 0 Å². The largest absolute Gasteiger partial charge is 0.364 e. The average molecular weight is 885 g/mol. The second-order valence-corrected chi connectivity index (χ2v) is 21.1. The van der Waals surface area contributed by atoms with Gasteiger partial charge >= 0.3 is 30.4 Å². The molecule has 0 aromatic heterocycles. The lowest BCUT2D eigenvalue weighted by Gasteiger charge is -2.11. The van der Waals surface area contributed by atoms with Gasteiger partial charge in [0.2, 0.25) is 0 Å². The van der Waals surface area contributed by atoms with E-state index in [1.54, 1.807) is 36.4 Å². The number of benzene rings is 2. The van der Waals surface area contributed by atoms with Crippen LogP contribution in [0.3, 0.4) is 0 Å². The summed E-state index contributed by atoms with van der Waals surface area (Å²) in [7, 11) is -20.4.